The normalized spacial score (nSPS) is 10.9. The maximum atomic E-state index is 6.32. The van der Waals surface area contributed by atoms with E-state index in [1.165, 1.54) is 0 Å². The van der Waals surface area contributed by atoms with Crippen LogP contribution in [0.3, 0.4) is 0 Å². The second kappa shape index (κ2) is 8.11. The highest BCUT2D eigenvalue weighted by molar-refractivity contribution is 5.95. The molecule has 28 heavy (non-hydrogen) atoms. The molecule has 0 amide bonds. The zero-order chi connectivity index (χ0) is 19.3. The monoisotopic (exact) mass is 370 g/mol. The number of methoxy groups -OCH3 is 1. The highest BCUT2D eigenvalue weighted by Gasteiger charge is 2.08. The molecule has 0 saturated heterocycles. The molecule has 4 heteroatoms. The molecule has 0 fully saturated rings. The number of pyridine rings is 1. The van der Waals surface area contributed by atoms with E-state index in [1.807, 2.05) is 54.6 Å². The van der Waals surface area contributed by atoms with E-state index in [-0.39, 0.29) is 0 Å². The van der Waals surface area contributed by atoms with Crippen molar-refractivity contribution >= 4 is 16.6 Å². The van der Waals surface area contributed by atoms with Gasteiger partial charge in [0.05, 0.1) is 17.8 Å². The zero-order valence-electron chi connectivity index (χ0n) is 15.8. The first-order valence-corrected chi connectivity index (χ1v) is 9.22. The van der Waals surface area contributed by atoms with Gasteiger partial charge in [-0.15, -0.1) is 0 Å². The summed E-state index contributed by atoms with van der Waals surface area (Å²) in [6.45, 7) is 1.09. The number of rotatable bonds is 6. The SMILES string of the molecule is COCCOc1ccc(-c2cc(N)c3ccc(-c4ccccc4)cc3n2)cc1. The van der Waals surface area contributed by atoms with E-state index in [4.69, 9.17) is 20.2 Å². The molecule has 4 nitrogen and oxygen atoms in total. The maximum Gasteiger partial charge on any atom is 0.119 e. The van der Waals surface area contributed by atoms with Crippen molar-refractivity contribution in [1.29, 1.82) is 0 Å². The van der Waals surface area contributed by atoms with Crippen LogP contribution in [0.1, 0.15) is 0 Å². The number of benzene rings is 3. The maximum absolute atomic E-state index is 6.32. The average molecular weight is 370 g/mol. The van der Waals surface area contributed by atoms with Crippen LogP contribution in [0.15, 0.2) is 78.9 Å². The van der Waals surface area contributed by atoms with E-state index >= 15 is 0 Å². The summed E-state index contributed by atoms with van der Waals surface area (Å²) in [6, 6.07) is 26.3. The quantitative estimate of drug-likeness (QED) is 0.475. The summed E-state index contributed by atoms with van der Waals surface area (Å²) >= 11 is 0. The van der Waals surface area contributed by atoms with E-state index < -0.39 is 0 Å². The van der Waals surface area contributed by atoms with Gasteiger partial charge < -0.3 is 15.2 Å². The number of hydrogen-bond acceptors (Lipinski definition) is 4. The first kappa shape index (κ1) is 18.0. The Labute approximate surface area is 164 Å². The van der Waals surface area contributed by atoms with E-state index in [9.17, 15) is 0 Å². The molecule has 0 unspecified atom stereocenters. The molecule has 0 aliphatic heterocycles. The summed E-state index contributed by atoms with van der Waals surface area (Å²) in [5.41, 5.74) is 12.1. The van der Waals surface area contributed by atoms with Crippen molar-refractivity contribution in [3.05, 3.63) is 78.9 Å². The van der Waals surface area contributed by atoms with Crippen molar-refractivity contribution in [1.82, 2.24) is 4.98 Å². The average Bonchev–Trinajstić information content (AvgIpc) is 2.74. The van der Waals surface area contributed by atoms with Crippen LogP contribution in [0.4, 0.5) is 5.69 Å². The fourth-order valence-corrected chi connectivity index (χ4v) is 3.18. The fourth-order valence-electron chi connectivity index (χ4n) is 3.18. The summed E-state index contributed by atoms with van der Waals surface area (Å²) in [5.74, 6) is 0.806. The third kappa shape index (κ3) is 3.82. The smallest absolute Gasteiger partial charge is 0.119 e. The minimum Gasteiger partial charge on any atom is -0.491 e. The third-order valence-electron chi connectivity index (χ3n) is 4.66. The Morgan fingerprint density at radius 1 is 0.786 bits per heavy atom. The number of nitrogens with zero attached hydrogens (tertiary/aromatic N) is 1. The molecule has 0 aliphatic rings. The lowest BCUT2D eigenvalue weighted by Gasteiger charge is -2.10. The second-order valence-electron chi connectivity index (χ2n) is 6.56. The van der Waals surface area contributed by atoms with Crippen LogP contribution in [-0.2, 0) is 4.74 Å². The van der Waals surface area contributed by atoms with Crippen molar-refractivity contribution in [2.75, 3.05) is 26.1 Å². The minimum absolute atomic E-state index is 0.527. The first-order valence-electron chi connectivity index (χ1n) is 9.22. The van der Waals surface area contributed by atoms with Crippen molar-refractivity contribution in [3.8, 4) is 28.1 Å². The van der Waals surface area contributed by atoms with Gasteiger partial charge in [-0.05, 0) is 47.5 Å². The second-order valence-corrected chi connectivity index (χ2v) is 6.56. The number of anilines is 1. The van der Waals surface area contributed by atoms with Gasteiger partial charge in [-0.3, -0.25) is 0 Å². The van der Waals surface area contributed by atoms with Crippen LogP contribution in [0.25, 0.3) is 33.3 Å². The van der Waals surface area contributed by atoms with Gasteiger partial charge in [-0.25, -0.2) is 4.98 Å². The predicted octanol–water partition coefficient (Wildman–Crippen LogP) is 5.18. The van der Waals surface area contributed by atoms with Gasteiger partial charge >= 0.3 is 0 Å². The van der Waals surface area contributed by atoms with Gasteiger partial charge in [0.2, 0.25) is 0 Å². The number of aromatic nitrogens is 1. The number of nitrogen functional groups attached to an aromatic ring is 1. The van der Waals surface area contributed by atoms with Crippen LogP contribution in [-0.4, -0.2) is 25.3 Å². The van der Waals surface area contributed by atoms with Crippen LogP contribution in [0, 0.1) is 0 Å². The Hall–Kier alpha value is -3.37. The lowest BCUT2D eigenvalue weighted by molar-refractivity contribution is 0.146. The Balaban J connectivity index is 1.67. The molecule has 3 aromatic carbocycles. The highest BCUT2D eigenvalue weighted by atomic mass is 16.5. The fraction of sp³-hybridized carbons (Fsp3) is 0.125. The van der Waals surface area contributed by atoms with Crippen molar-refractivity contribution < 1.29 is 9.47 Å². The standard InChI is InChI=1S/C24H22N2O2/c1-27-13-14-28-20-10-7-18(8-11-20)23-16-22(25)21-12-9-19(15-24(21)26-23)17-5-3-2-4-6-17/h2-12,15-16H,13-14H2,1H3,(H2,25,26). The molecule has 1 heterocycles. The van der Waals surface area contributed by atoms with Crippen molar-refractivity contribution in [2.45, 2.75) is 0 Å². The molecule has 0 atom stereocenters. The van der Waals surface area contributed by atoms with Gasteiger partial charge in [0.15, 0.2) is 0 Å². The van der Waals surface area contributed by atoms with Gasteiger partial charge in [-0.2, -0.15) is 0 Å². The summed E-state index contributed by atoms with van der Waals surface area (Å²) in [4.78, 5) is 4.86. The van der Waals surface area contributed by atoms with Gasteiger partial charge in [-0.1, -0.05) is 42.5 Å². The summed E-state index contributed by atoms with van der Waals surface area (Å²) in [7, 11) is 1.66. The minimum atomic E-state index is 0.527. The van der Waals surface area contributed by atoms with E-state index in [0.717, 1.165) is 44.7 Å². The van der Waals surface area contributed by atoms with Crippen LogP contribution in [0.5, 0.6) is 5.75 Å². The molecule has 4 aromatic rings. The Morgan fingerprint density at radius 2 is 1.54 bits per heavy atom. The largest absolute Gasteiger partial charge is 0.491 e. The zero-order valence-corrected chi connectivity index (χ0v) is 15.8. The highest BCUT2D eigenvalue weighted by Crippen LogP contribution is 2.30. The Morgan fingerprint density at radius 3 is 2.29 bits per heavy atom. The summed E-state index contributed by atoms with van der Waals surface area (Å²) in [5, 5.41) is 0.961. The molecule has 140 valence electrons. The number of fused-ring (bicyclic) bond motifs is 1. The molecular formula is C24H22N2O2. The molecule has 0 saturated carbocycles. The van der Waals surface area contributed by atoms with E-state index in [1.54, 1.807) is 7.11 Å². The lowest BCUT2D eigenvalue weighted by atomic mass is 10.0. The summed E-state index contributed by atoms with van der Waals surface area (Å²) in [6.07, 6.45) is 0. The third-order valence-corrected chi connectivity index (χ3v) is 4.66. The number of hydrogen-bond donors (Lipinski definition) is 1. The molecule has 0 bridgehead atoms. The molecule has 0 aliphatic carbocycles. The van der Waals surface area contributed by atoms with Crippen LogP contribution < -0.4 is 10.5 Å². The van der Waals surface area contributed by atoms with E-state index in [0.29, 0.717) is 13.2 Å². The topological polar surface area (TPSA) is 57.4 Å². The van der Waals surface area contributed by atoms with Crippen molar-refractivity contribution in [2.24, 2.45) is 0 Å². The number of nitrogens with two attached hydrogens (primary N) is 1. The van der Waals surface area contributed by atoms with Gasteiger partial charge in [0, 0.05) is 23.7 Å². The Bertz CT molecular complexity index is 1080. The number of ether oxygens (including phenoxy) is 2. The summed E-state index contributed by atoms with van der Waals surface area (Å²) < 4.78 is 10.6. The molecule has 1 aromatic heterocycles. The molecule has 0 spiro atoms. The molecule has 4 rings (SSSR count). The predicted molar refractivity (Wildman–Crippen MR) is 114 cm³/mol. The van der Waals surface area contributed by atoms with Crippen molar-refractivity contribution in [3.63, 3.8) is 0 Å². The molecule has 0 radical (unpaired) electrons. The lowest BCUT2D eigenvalue weighted by Crippen LogP contribution is -2.03. The first-order chi connectivity index (χ1) is 13.7. The molecular weight excluding hydrogens is 348 g/mol. The van der Waals surface area contributed by atoms with Gasteiger partial charge in [0.25, 0.3) is 0 Å². The van der Waals surface area contributed by atoms with Crippen LogP contribution >= 0.6 is 0 Å². The Kier molecular flexibility index (Phi) is 5.22. The van der Waals surface area contributed by atoms with Gasteiger partial charge in [0.1, 0.15) is 12.4 Å². The van der Waals surface area contributed by atoms with Crippen LogP contribution in [0.2, 0.25) is 0 Å². The molecule has 2 N–H and O–H groups in total. The van der Waals surface area contributed by atoms with E-state index in [2.05, 4.69) is 24.3 Å².